The summed E-state index contributed by atoms with van der Waals surface area (Å²) < 4.78 is 5.46. The Morgan fingerprint density at radius 3 is 1.09 bits per heavy atom. The van der Waals surface area contributed by atoms with Crippen LogP contribution in [0.1, 0.15) is 322 Å². The smallest absolute Gasteiger partial charge is 0.305 e. The van der Waals surface area contributed by atoms with E-state index in [1.807, 2.05) is 6.08 Å². The third kappa shape index (κ3) is 51.7. The molecule has 3 N–H and O–H groups in total. The number of ether oxygens (including phenoxy) is 1. The van der Waals surface area contributed by atoms with Crippen molar-refractivity contribution >= 4 is 11.9 Å². The van der Waals surface area contributed by atoms with Gasteiger partial charge in [-0.3, -0.25) is 9.59 Å². The first-order valence-corrected chi connectivity index (χ1v) is 29.6. The van der Waals surface area contributed by atoms with Crippen molar-refractivity contribution in [1.29, 1.82) is 0 Å². The predicted octanol–water partition coefficient (Wildman–Crippen LogP) is 18.2. The average Bonchev–Trinajstić information content (AvgIpc) is 3.32. The Bertz CT molecular complexity index is 1030. The number of aliphatic hydroxyl groups excluding tert-OH is 2. The molecular weight excluding hydrogens is 815 g/mol. The van der Waals surface area contributed by atoms with Crippen LogP contribution in [-0.4, -0.2) is 47.4 Å². The first-order valence-electron chi connectivity index (χ1n) is 29.6. The summed E-state index contributed by atoms with van der Waals surface area (Å²) in [5, 5.41) is 23.2. The van der Waals surface area contributed by atoms with Crippen LogP contribution in [0.4, 0.5) is 0 Å². The minimum Gasteiger partial charge on any atom is -0.466 e. The van der Waals surface area contributed by atoms with Crippen molar-refractivity contribution in [1.82, 2.24) is 5.32 Å². The summed E-state index contributed by atoms with van der Waals surface area (Å²) >= 11 is 0. The van der Waals surface area contributed by atoms with E-state index in [0.29, 0.717) is 19.4 Å². The second-order valence-electron chi connectivity index (χ2n) is 20.3. The summed E-state index contributed by atoms with van der Waals surface area (Å²) in [5.74, 6) is -0.0937. The molecule has 2 atom stereocenters. The third-order valence-corrected chi connectivity index (χ3v) is 13.7. The number of carbonyl (C=O) groups excluding carboxylic acids is 2. The maximum absolute atomic E-state index is 12.5. The average molecular weight is 931 g/mol. The van der Waals surface area contributed by atoms with Gasteiger partial charge in [-0.15, -0.1) is 0 Å². The Hall–Kier alpha value is -1.66. The van der Waals surface area contributed by atoms with E-state index in [1.165, 1.54) is 238 Å². The predicted molar refractivity (Wildman–Crippen MR) is 287 cm³/mol. The molecule has 0 fully saturated rings. The van der Waals surface area contributed by atoms with Gasteiger partial charge in [-0.25, -0.2) is 0 Å². The summed E-state index contributed by atoms with van der Waals surface area (Å²) in [7, 11) is 0. The highest BCUT2D eigenvalue weighted by atomic mass is 16.5. The Morgan fingerprint density at radius 1 is 0.409 bits per heavy atom. The molecule has 1 amide bonds. The molecule has 6 heteroatoms. The number of carbonyl (C=O) groups is 2. The maximum Gasteiger partial charge on any atom is 0.305 e. The lowest BCUT2D eigenvalue weighted by Gasteiger charge is -2.20. The fourth-order valence-corrected chi connectivity index (χ4v) is 9.16. The van der Waals surface area contributed by atoms with Crippen LogP contribution in [0, 0.1) is 0 Å². The lowest BCUT2D eigenvalue weighted by molar-refractivity contribution is -0.143. The molecule has 0 saturated heterocycles. The van der Waals surface area contributed by atoms with Crippen molar-refractivity contribution in [2.24, 2.45) is 0 Å². The maximum atomic E-state index is 12.5. The number of hydrogen-bond acceptors (Lipinski definition) is 5. The molecule has 66 heavy (non-hydrogen) atoms. The van der Waals surface area contributed by atoms with Crippen LogP contribution in [0.5, 0.6) is 0 Å². The quantitative estimate of drug-likeness (QED) is 0.0321. The fraction of sp³-hybridized carbons (Fsp3) is 0.900. The van der Waals surface area contributed by atoms with Crippen LogP contribution in [-0.2, 0) is 14.3 Å². The monoisotopic (exact) mass is 930 g/mol. The number of hydrogen-bond donors (Lipinski definition) is 3. The van der Waals surface area contributed by atoms with Crippen LogP contribution < -0.4 is 5.32 Å². The van der Waals surface area contributed by atoms with Crippen molar-refractivity contribution in [2.75, 3.05) is 13.2 Å². The SMILES string of the molecule is CCCCCC/C=C\CCCCCCCC(=O)OCCCCCCCCCCCCCCCC(=O)NC(CO)C(O)/C=C/CCCCCCCCCCCCCCCCCCCCCCC. The summed E-state index contributed by atoms with van der Waals surface area (Å²) in [5.41, 5.74) is 0. The molecule has 390 valence electrons. The van der Waals surface area contributed by atoms with Gasteiger partial charge in [0.05, 0.1) is 25.4 Å². The number of nitrogens with one attached hydrogen (secondary N) is 1. The van der Waals surface area contributed by atoms with Gasteiger partial charge in [-0.2, -0.15) is 0 Å². The van der Waals surface area contributed by atoms with Crippen molar-refractivity contribution in [2.45, 2.75) is 334 Å². The fourth-order valence-electron chi connectivity index (χ4n) is 9.16. The number of esters is 1. The van der Waals surface area contributed by atoms with Crippen LogP contribution in [0.3, 0.4) is 0 Å². The van der Waals surface area contributed by atoms with Crippen molar-refractivity contribution in [3.63, 3.8) is 0 Å². The molecule has 0 heterocycles. The lowest BCUT2D eigenvalue weighted by Crippen LogP contribution is -2.45. The van der Waals surface area contributed by atoms with E-state index in [1.54, 1.807) is 6.08 Å². The van der Waals surface area contributed by atoms with Gasteiger partial charge in [0.2, 0.25) is 5.91 Å². The molecule has 0 saturated carbocycles. The van der Waals surface area contributed by atoms with Gasteiger partial charge >= 0.3 is 5.97 Å². The van der Waals surface area contributed by atoms with Crippen LogP contribution >= 0.6 is 0 Å². The molecule has 0 aromatic heterocycles. The first-order chi connectivity index (χ1) is 32.5. The summed E-state index contributed by atoms with van der Waals surface area (Å²) in [4.78, 5) is 24.5. The van der Waals surface area contributed by atoms with Crippen LogP contribution in [0.25, 0.3) is 0 Å². The van der Waals surface area contributed by atoms with Gasteiger partial charge in [-0.05, 0) is 57.8 Å². The molecule has 0 spiro atoms. The van der Waals surface area contributed by atoms with E-state index in [4.69, 9.17) is 4.74 Å². The summed E-state index contributed by atoms with van der Waals surface area (Å²) in [6, 6.07) is -0.639. The molecule has 0 radical (unpaired) electrons. The van der Waals surface area contributed by atoms with E-state index >= 15 is 0 Å². The van der Waals surface area contributed by atoms with E-state index in [-0.39, 0.29) is 18.5 Å². The normalized spacial score (nSPS) is 12.7. The van der Waals surface area contributed by atoms with Crippen molar-refractivity contribution < 1.29 is 24.5 Å². The standard InChI is InChI=1S/C60H115NO5/c1-3-5-7-9-11-13-15-17-18-19-20-21-22-23-24-25-26-29-32-36-40-44-48-52-58(63)57(56-62)61-59(64)53-49-45-41-37-33-30-27-31-35-39-43-47-51-55-66-60(65)54-50-46-42-38-34-28-16-14-12-10-8-6-4-2/h14,16,48,52,57-58,62-63H,3-13,15,17-47,49-51,53-56H2,1-2H3,(H,61,64)/b16-14-,52-48+. The molecule has 0 aromatic rings. The highest BCUT2D eigenvalue weighted by Crippen LogP contribution is 2.17. The van der Waals surface area contributed by atoms with Gasteiger partial charge in [0.1, 0.15) is 0 Å². The zero-order valence-corrected chi connectivity index (χ0v) is 44.4. The molecule has 0 aliphatic carbocycles. The topological polar surface area (TPSA) is 95.9 Å². The van der Waals surface area contributed by atoms with Crippen molar-refractivity contribution in [3.05, 3.63) is 24.3 Å². The van der Waals surface area contributed by atoms with E-state index in [9.17, 15) is 19.8 Å². The summed E-state index contributed by atoms with van der Waals surface area (Å²) in [6.07, 6.45) is 67.7. The number of rotatable bonds is 55. The second kappa shape index (κ2) is 55.9. The number of unbranched alkanes of at least 4 members (excludes halogenated alkanes) is 42. The first kappa shape index (κ1) is 64.3. The van der Waals surface area contributed by atoms with Gasteiger partial charge in [0.25, 0.3) is 0 Å². The van der Waals surface area contributed by atoms with E-state index < -0.39 is 12.1 Å². The van der Waals surface area contributed by atoms with Crippen LogP contribution in [0.2, 0.25) is 0 Å². The Kier molecular flexibility index (Phi) is 54.5. The second-order valence-corrected chi connectivity index (χ2v) is 20.3. The van der Waals surface area contributed by atoms with Gasteiger partial charge in [0, 0.05) is 12.8 Å². The highest BCUT2D eigenvalue weighted by molar-refractivity contribution is 5.76. The highest BCUT2D eigenvalue weighted by Gasteiger charge is 2.18. The molecule has 0 aliphatic rings. The molecule has 6 nitrogen and oxygen atoms in total. The number of allylic oxidation sites excluding steroid dienone is 3. The van der Waals surface area contributed by atoms with Crippen molar-refractivity contribution in [3.8, 4) is 0 Å². The van der Waals surface area contributed by atoms with Crippen LogP contribution in [0.15, 0.2) is 24.3 Å². The zero-order valence-electron chi connectivity index (χ0n) is 44.4. The van der Waals surface area contributed by atoms with Gasteiger partial charge < -0.3 is 20.3 Å². The minimum atomic E-state index is -0.854. The zero-order chi connectivity index (χ0) is 47.9. The minimum absolute atomic E-state index is 0.0155. The molecule has 0 aliphatic heterocycles. The molecule has 0 aromatic carbocycles. The Morgan fingerprint density at radius 2 is 0.712 bits per heavy atom. The van der Waals surface area contributed by atoms with E-state index in [2.05, 4.69) is 31.3 Å². The number of amides is 1. The van der Waals surface area contributed by atoms with E-state index in [0.717, 1.165) is 57.8 Å². The number of aliphatic hydroxyl groups is 2. The summed E-state index contributed by atoms with van der Waals surface area (Å²) in [6.45, 7) is 4.88. The van der Waals surface area contributed by atoms with Gasteiger partial charge in [0.15, 0.2) is 0 Å². The molecular formula is C60H115NO5. The molecule has 2 unspecified atom stereocenters. The Balaban J connectivity index is 3.48. The largest absolute Gasteiger partial charge is 0.466 e. The third-order valence-electron chi connectivity index (χ3n) is 13.7. The van der Waals surface area contributed by atoms with Gasteiger partial charge in [-0.1, -0.05) is 276 Å². The molecule has 0 bridgehead atoms. The Labute approximate surface area is 411 Å². The lowest BCUT2D eigenvalue weighted by atomic mass is 10.0. The molecule has 0 rings (SSSR count).